The minimum absolute atomic E-state index is 0.499. The Balaban J connectivity index is 2.12. The highest BCUT2D eigenvalue weighted by Gasteiger charge is 2.32. The predicted molar refractivity (Wildman–Crippen MR) is 80.1 cm³/mol. The molecule has 3 unspecified atom stereocenters. The van der Waals surface area contributed by atoms with Crippen LogP contribution in [0.15, 0.2) is 12.3 Å². The zero-order valence-corrected chi connectivity index (χ0v) is 12.7. The predicted octanol–water partition coefficient (Wildman–Crippen LogP) is 3.77. The van der Waals surface area contributed by atoms with Crippen LogP contribution in [-0.2, 0) is 6.54 Å². The van der Waals surface area contributed by atoms with Crippen LogP contribution in [0, 0.1) is 11.8 Å². The molecule has 1 aliphatic carbocycles. The third kappa shape index (κ3) is 3.38. The summed E-state index contributed by atoms with van der Waals surface area (Å²) in [6, 6.07) is 2.70. The molecule has 2 rings (SSSR count). The number of rotatable bonds is 7. The SMILES string of the molecule is CCCNC(c1ccnn1CC)C1CCC(CC)C1. The van der Waals surface area contributed by atoms with Gasteiger partial charge in [-0.15, -0.1) is 0 Å². The lowest BCUT2D eigenvalue weighted by atomic mass is 9.93. The monoisotopic (exact) mass is 263 g/mol. The van der Waals surface area contributed by atoms with Crippen molar-refractivity contribution in [1.29, 1.82) is 0 Å². The largest absolute Gasteiger partial charge is 0.308 e. The molecule has 1 aliphatic rings. The molecule has 0 spiro atoms. The molecular formula is C16H29N3. The van der Waals surface area contributed by atoms with Crippen molar-refractivity contribution in [3.63, 3.8) is 0 Å². The number of nitrogens with one attached hydrogen (secondary N) is 1. The second kappa shape index (κ2) is 7.09. The molecule has 0 amide bonds. The van der Waals surface area contributed by atoms with Crippen LogP contribution in [0.4, 0.5) is 0 Å². The number of aryl methyl sites for hydroxylation is 1. The van der Waals surface area contributed by atoms with Gasteiger partial charge >= 0.3 is 0 Å². The fourth-order valence-corrected chi connectivity index (χ4v) is 3.47. The first-order valence-corrected chi connectivity index (χ1v) is 8.05. The van der Waals surface area contributed by atoms with Gasteiger partial charge in [-0.1, -0.05) is 26.7 Å². The fraction of sp³-hybridized carbons (Fsp3) is 0.812. The van der Waals surface area contributed by atoms with E-state index in [-0.39, 0.29) is 0 Å². The van der Waals surface area contributed by atoms with E-state index in [2.05, 4.69) is 41.9 Å². The summed E-state index contributed by atoms with van der Waals surface area (Å²) in [7, 11) is 0. The molecule has 0 aliphatic heterocycles. The zero-order valence-electron chi connectivity index (χ0n) is 12.7. The Morgan fingerprint density at radius 2 is 2.21 bits per heavy atom. The highest BCUT2D eigenvalue weighted by molar-refractivity contribution is 5.09. The molecule has 1 fully saturated rings. The molecule has 1 aromatic rings. The van der Waals surface area contributed by atoms with E-state index in [1.54, 1.807) is 0 Å². The molecular weight excluding hydrogens is 234 g/mol. The van der Waals surface area contributed by atoms with Gasteiger partial charge < -0.3 is 5.32 Å². The maximum absolute atomic E-state index is 4.45. The molecule has 3 heteroatoms. The van der Waals surface area contributed by atoms with Gasteiger partial charge in [-0.25, -0.2) is 0 Å². The van der Waals surface area contributed by atoms with Gasteiger partial charge in [0.1, 0.15) is 0 Å². The summed E-state index contributed by atoms with van der Waals surface area (Å²) in [5, 5.41) is 8.22. The Morgan fingerprint density at radius 3 is 2.84 bits per heavy atom. The summed E-state index contributed by atoms with van der Waals surface area (Å²) < 4.78 is 2.16. The van der Waals surface area contributed by atoms with Gasteiger partial charge in [0, 0.05) is 12.7 Å². The Bertz CT molecular complexity index is 372. The van der Waals surface area contributed by atoms with Gasteiger partial charge in [-0.05, 0) is 50.6 Å². The summed E-state index contributed by atoms with van der Waals surface area (Å²) in [4.78, 5) is 0. The Hall–Kier alpha value is -0.830. The molecule has 3 atom stereocenters. The van der Waals surface area contributed by atoms with Crippen molar-refractivity contribution in [2.45, 2.75) is 65.5 Å². The maximum Gasteiger partial charge on any atom is 0.0556 e. The van der Waals surface area contributed by atoms with Crippen LogP contribution < -0.4 is 5.32 Å². The lowest BCUT2D eigenvalue weighted by molar-refractivity contribution is 0.335. The first-order valence-electron chi connectivity index (χ1n) is 8.05. The van der Waals surface area contributed by atoms with E-state index >= 15 is 0 Å². The average Bonchev–Trinajstić information content (AvgIpc) is 3.08. The lowest BCUT2D eigenvalue weighted by Gasteiger charge is -2.26. The highest BCUT2D eigenvalue weighted by Crippen LogP contribution is 2.40. The van der Waals surface area contributed by atoms with E-state index in [1.807, 2.05) is 6.20 Å². The summed E-state index contributed by atoms with van der Waals surface area (Å²) in [5.74, 6) is 1.73. The molecule has 1 heterocycles. The van der Waals surface area contributed by atoms with Gasteiger partial charge in [0.2, 0.25) is 0 Å². The summed E-state index contributed by atoms with van der Waals surface area (Å²) in [5.41, 5.74) is 1.39. The first-order chi connectivity index (χ1) is 9.30. The van der Waals surface area contributed by atoms with Crippen LogP contribution in [0.25, 0.3) is 0 Å². The number of hydrogen-bond acceptors (Lipinski definition) is 2. The van der Waals surface area contributed by atoms with Crippen LogP contribution in [0.3, 0.4) is 0 Å². The van der Waals surface area contributed by atoms with Gasteiger partial charge in [-0.3, -0.25) is 4.68 Å². The molecule has 3 nitrogen and oxygen atoms in total. The number of hydrogen-bond donors (Lipinski definition) is 1. The quantitative estimate of drug-likeness (QED) is 0.811. The summed E-state index contributed by atoms with van der Waals surface area (Å²) >= 11 is 0. The van der Waals surface area contributed by atoms with Crippen molar-refractivity contribution < 1.29 is 0 Å². The highest BCUT2D eigenvalue weighted by atomic mass is 15.3. The van der Waals surface area contributed by atoms with Crippen LogP contribution in [0.2, 0.25) is 0 Å². The third-order valence-electron chi connectivity index (χ3n) is 4.61. The fourth-order valence-electron chi connectivity index (χ4n) is 3.47. The van der Waals surface area contributed by atoms with E-state index in [4.69, 9.17) is 0 Å². The van der Waals surface area contributed by atoms with Gasteiger partial charge in [0.05, 0.1) is 11.7 Å². The first kappa shape index (κ1) is 14.6. The molecule has 1 N–H and O–H groups in total. The summed E-state index contributed by atoms with van der Waals surface area (Å²) in [6.07, 6.45) is 8.64. The van der Waals surface area contributed by atoms with Crippen molar-refractivity contribution >= 4 is 0 Å². The molecule has 1 saturated carbocycles. The number of nitrogens with zero attached hydrogens (tertiary/aromatic N) is 2. The Morgan fingerprint density at radius 1 is 1.37 bits per heavy atom. The number of aromatic nitrogens is 2. The topological polar surface area (TPSA) is 29.9 Å². The van der Waals surface area contributed by atoms with Crippen molar-refractivity contribution in [1.82, 2.24) is 15.1 Å². The van der Waals surface area contributed by atoms with E-state index in [1.165, 1.54) is 37.8 Å². The minimum atomic E-state index is 0.499. The average molecular weight is 263 g/mol. The van der Waals surface area contributed by atoms with Crippen molar-refractivity contribution in [2.75, 3.05) is 6.54 Å². The van der Waals surface area contributed by atoms with E-state index in [0.29, 0.717) is 6.04 Å². The molecule has 0 aromatic carbocycles. The Kier molecular flexibility index (Phi) is 5.44. The zero-order chi connectivity index (χ0) is 13.7. The Labute approximate surface area is 117 Å². The van der Waals surface area contributed by atoms with Gasteiger partial charge in [-0.2, -0.15) is 5.10 Å². The smallest absolute Gasteiger partial charge is 0.0556 e. The van der Waals surface area contributed by atoms with Crippen LogP contribution in [-0.4, -0.2) is 16.3 Å². The lowest BCUT2D eigenvalue weighted by Crippen LogP contribution is -2.30. The molecule has 108 valence electrons. The second-order valence-corrected chi connectivity index (χ2v) is 5.85. The third-order valence-corrected chi connectivity index (χ3v) is 4.61. The standard InChI is InChI=1S/C16H29N3/c1-4-10-17-16(14-8-7-13(5-2)12-14)15-9-11-18-19(15)6-3/h9,11,13-14,16-17H,4-8,10,12H2,1-3H3. The van der Waals surface area contributed by atoms with Crippen LogP contribution in [0.5, 0.6) is 0 Å². The normalized spacial score (nSPS) is 24.8. The van der Waals surface area contributed by atoms with E-state index in [9.17, 15) is 0 Å². The van der Waals surface area contributed by atoms with Crippen molar-refractivity contribution in [2.24, 2.45) is 11.8 Å². The van der Waals surface area contributed by atoms with Gasteiger partial charge in [0.15, 0.2) is 0 Å². The molecule has 0 saturated heterocycles. The second-order valence-electron chi connectivity index (χ2n) is 5.85. The van der Waals surface area contributed by atoms with E-state index < -0.39 is 0 Å². The van der Waals surface area contributed by atoms with Crippen LogP contribution >= 0.6 is 0 Å². The molecule has 19 heavy (non-hydrogen) atoms. The van der Waals surface area contributed by atoms with Crippen LogP contribution in [0.1, 0.15) is 64.6 Å². The van der Waals surface area contributed by atoms with Crippen molar-refractivity contribution in [3.05, 3.63) is 18.0 Å². The molecule has 1 aromatic heterocycles. The van der Waals surface area contributed by atoms with Gasteiger partial charge in [0.25, 0.3) is 0 Å². The maximum atomic E-state index is 4.45. The summed E-state index contributed by atoms with van der Waals surface area (Å²) in [6.45, 7) is 8.82. The minimum Gasteiger partial charge on any atom is -0.308 e. The molecule has 0 bridgehead atoms. The van der Waals surface area contributed by atoms with Crippen molar-refractivity contribution in [3.8, 4) is 0 Å². The van der Waals surface area contributed by atoms with E-state index in [0.717, 1.165) is 24.9 Å². The molecule has 0 radical (unpaired) electrons.